The van der Waals surface area contributed by atoms with Crippen LogP contribution in [0.25, 0.3) is 10.9 Å². The molecule has 0 unspecified atom stereocenters. The molecule has 0 amide bonds. The Hall–Kier alpha value is -2.40. The highest BCUT2D eigenvalue weighted by atomic mass is 32.2. The van der Waals surface area contributed by atoms with Gasteiger partial charge in [0.2, 0.25) is 0 Å². The van der Waals surface area contributed by atoms with E-state index in [1.54, 1.807) is 0 Å². The summed E-state index contributed by atoms with van der Waals surface area (Å²) in [5.74, 6) is 0.857. The molecule has 0 fully saturated rings. The summed E-state index contributed by atoms with van der Waals surface area (Å²) in [6.07, 6.45) is 0. The van der Waals surface area contributed by atoms with E-state index in [0.29, 0.717) is 10.7 Å². The number of Topliss-reactive ketones (excluding diaryl/α,β-unsaturated/α-hetero) is 1. The van der Waals surface area contributed by atoms with E-state index in [-0.39, 0.29) is 11.0 Å². The van der Waals surface area contributed by atoms with E-state index in [4.69, 9.17) is 0 Å². The first-order valence-electron chi connectivity index (χ1n) is 7.39. The van der Waals surface area contributed by atoms with Crippen molar-refractivity contribution in [3.05, 3.63) is 60.2 Å². The van der Waals surface area contributed by atoms with Gasteiger partial charge in [0.25, 0.3) is 0 Å². The molecule has 1 heterocycles. The molecule has 23 heavy (non-hydrogen) atoms. The fourth-order valence-electron chi connectivity index (χ4n) is 2.35. The summed E-state index contributed by atoms with van der Waals surface area (Å²) < 4.78 is 0. The molecule has 0 saturated carbocycles. The van der Waals surface area contributed by atoms with E-state index in [1.807, 2.05) is 68.6 Å². The summed E-state index contributed by atoms with van der Waals surface area (Å²) in [6.45, 7) is 1.89. The smallest absolute Gasteiger partial charge is 0.190 e. The maximum Gasteiger partial charge on any atom is 0.190 e. The molecule has 1 atom stereocenters. The molecule has 0 aliphatic carbocycles. The van der Waals surface area contributed by atoms with Gasteiger partial charge in [-0.15, -0.1) is 0 Å². The SMILES string of the molecule is CNc1nc(S[C@H](C)C(=O)c2ccccc2)nc2ccccc12. The van der Waals surface area contributed by atoms with Crippen molar-refractivity contribution in [2.24, 2.45) is 0 Å². The van der Waals surface area contributed by atoms with Gasteiger partial charge in [0, 0.05) is 18.0 Å². The van der Waals surface area contributed by atoms with E-state index < -0.39 is 0 Å². The second kappa shape index (κ2) is 6.79. The van der Waals surface area contributed by atoms with Crippen molar-refractivity contribution in [2.75, 3.05) is 12.4 Å². The number of para-hydroxylation sites is 1. The minimum Gasteiger partial charge on any atom is -0.372 e. The van der Waals surface area contributed by atoms with Crippen molar-refractivity contribution in [1.82, 2.24) is 9.97 Å². The molecule has 3 aromatic rings. The van der Waals surface area contributed by atoms with Crippen LogP contribution >= 0.6 is 11.8 Å². The molecule has 0 saturated heterocycles. The van der Waals surface area contributed by atoms with E-state index in [2.05, 4.69) is 15.3 Å². The van der Waals surface area contributed by atoms with Crippen LogP contribution in [0.4, 0.5) is 5.82 Å². The van der Waals surface area contributed by atoms with Gasteiger partial charge in [-0.2, -0.15) is 0 Å². The third-order valence-electron chi connectivity index (χ3n) is 3.53. The van der Waals surface area contributed by atoms with E-state index in [9.17, 15) is 4.79 Å². The monoisotopic (exact) mass is 323 g/mol. The second-order valence-corrected chi connectivity index (χ2v) is 6.42. The first-order valence-corrected chi connectivity index (χ1v) is 8.27. The van der Waals surface area contributed by atoms with Crippen molar-refractivity contribution < 1.29 is 4.79 Å². The molecule has 5 heteroatoms. The van der Waals surface area contributed by atoms with Gasteiger partial charge in [-0.3, -0.25) is 4.79 Å². The molecule has 1 aromatic heterocycles. The largest absolute Gasteiger partial charge is 0.372 e. The number of benzene rings is 2. The topological polar surface area (TPSA) is 54.9 Å². The van der Waals surface area contributed by atoms with Gasteiger partial charge in [0.1, 0.15) is 5.82 Å². The molecule has 3 rings (SSSR count). The number of hydrogen-bond acceptors (Lipinski definition) is 5. The number of aromatic nitrogens is 2. The minimum absolute atomic E-state index is 0.0818. The fourth-order valence-corrected chi connectivity index (χ4v) is 3.20. The molecule has 0 spiro atoms. The number of hydrogen-bond donors (Lipinski definition) is 1. The predicted molar refractivity (Wildman–Crippen MR) is 95.2 cm³/mol. The van der Waals surface area contributed by atoms with Crippen molar-refractivity contribution >= 4 is 34.3 Å². The molecular formula is C18H17N3OS. The lowest BCUT2D eigenvalue weighted by atomic mass is 10.1. The maximum atomic E-state index is 12.5. The van der Waals surface area contributed by atoms with Crippen LogP contribution in [-0.2, 0) is 0 Å². The Bertz CT molecular complexity index is 836. The number of nitrogens with one attached hydrogen (secondary N) is 1. The van der Waals surface area contributed by atoms with Crippen molar-refractivity contribution in [3.8, 4) is 0 Å². The number of fused-ring (bicyclic) bond motifs is 1. The van der Waals surface area contributed by atoms with Gasteiger partial charge in [-0.05, 0) is 19.1 Å². The molecule has 4 nitrogen and oxygen atoms in total. The van der Waals surface area contributed by atoms with Gasteiger partial charge in [-0.25, -0.2) is 9.97 Å². The number of carbonyl (C=O) groups excluding carboxylic acids is 1. The van der Waals surface area contributed by atoms with Crippen LogP contribution in [0.1, 0.15) is 17.3 Å². The number of ketones is 1. The number of anilines is 1. The van der Waals surface area contributed by atoms with Gasteiger partial charge in [0.05, 0.1) is 10.8 Å². The molecule has 2 aromatic carbocycles. The highest BCUT2D eigenvalue weighted by Gasteiger charge is 2.18. The lowest BCUT2D eigenvalue weighted by Gasteiger charge is -2.11. The van der Waals surface area contributed by atoms with Crippen LogP contribution in [0.15, 0.2) is 59.8 Å². The molecule has 0 radical (unpaired) electrons. The number of thioether (sulfide) groups is 1. The van der Waals surface area contributed by atoms with Crippen molar-refractivity contribution in [3.63, 3.8) is 0 Å². The molecule has 1 N–H and O–H groups in total. The van der Waals surface area contributed by atoms with E-state index in [1.165, 1.54) is 11.8 Å². The summed E-state index contributed by atoms with van der Waals surface area (Å²) in [6, 6.07) is 17.1. The molecule has 0 aliphatic rings. The fraction of sp³-hybridized carbons (Fsp3) is 0.167. The average molecular weight is 323 g/mol. The summed E-state index contributed by atoms with van der Waals surface area (Å²) in [5.41, 5.74) is 1.58. The van der Waals surface area contributed by atoms with Crippen molar-refractivity contribution in [1.29, 1.82) is 0 Å². The highest BCUT2D eigenvalue weighted by molar-refractivity contribution is 8.00. The Morgan fingerprint density at radius 2 is 1.74 bits per heavy atom. The van der Waals surface area contributed by atoms with Crippen LogP contribution in [0.5, 0.6) is 0 Å². The first-order chi connectivity index (χ1) is 11.2. The minimum atomic E-state index is -0.247. The number of rotatable bonds is 5. The third kappa shape index (κ3) is 3.35. The first kappa shape index (κ1) is 15.5. The quantitative estimate of drug-likeness (QED) is 0.436. The van der Waals surface area contributed by atoms with Gasteiger partial charge in [0.15, 0.2) is 10.9 Å². The standard InChI is InChI=1S/C18H17N3OS/c1-12(16(22)13-8-4-3-5-9-13)23-18-20-15-11-7-6-10-14(15)17(19-2)21-18/h3-12H,1-2H3,(H,19,20,21)/t12-/m1/s1. The van der Waals surface area contributed by atoms with Gasteiger partial charge in [-0.1, -0.05) is 54.2 Å². The second-order valence-electron chi connectivity index (χ2n) is 5.11. The van der Waals surface area contributed by atoms with Crippen LogP contribution in [0.3, 0.4) is 0 Å². The molecule has 0 aliphatic heterocycles. The van der Waals surface area contributed by atoms with E-state index in [0.717, 1.165) is 16.7 Å². The normalized spacial score (nSPS) is 12.1. The maximum absolute atomic E-state index is 12.5. The molecule has 116 valence electrons. The third-order valence-corrected chi connectivity index (χ3v) is 4.49. The number of nitrogens with zero attached hydrogens (tertiary/aromatic N) is 2. The van der Waals surface area contributed by atoms with Crippen LogP contribution in [-0.4, -0.2) is 28.0 Å². The Morgan fingerprint density at radius 3 is 2.48 bits per heavy atom. The summed E-state index contributed by atoms with van der Waals surface area (Å²) >= 11 is 1.38. The Balaban J connectivity index is 1.88. The Labute approximate surface area is 139 Å². The lowest BCUT2D eigenvalue weighted by molar-refractivity contribution is 0.0994. The predicted octanol–water partition coefficient (Wildman–Crippen LogP) is 4.04. The summed E-state index contributed by atoms with van der Waals surface area (Å²) in [5, 5.41) is 4.42. The van der Waals surface area contributed by atoms with Crippen LogP contribution in [0, 0.1) is 0 Å². The number of carbonyl (C=O) groups is 1. The zero-order valence-corrected chi connectivity index (χ0v) is 13.8. The zero-order valence-electron chi connectivity index (χ0n) is 13.0. The Kier molecular flexibility index (Phi) is 4.57. The molecule has 0 bridgehead atoms. The highest BCUT2D eigenvalue weighted by Crippen LogP contribution is 2.27. The van der Waals surface area contributed by atoms with Crippen LogP contribution < -0.4 is 5.32 Å². The zero-order chi connectivity index (χ0) is 16.2. The van der Waals surface area contributed by atoms with Gasteiger partial charge >= 0.3 is 0 Å². The average Bonchev–Trinajstić information content (AvgIpc) is 2.61. The van der Waals surface area contributed by atoms with Crippen molar-refractivity contribution in [2.45, 2.75) is 17.3 Å². The van der Waals surface area contributed by atoms with Crippen LogP contribution in [0.2, 0.25) is 0 Å². The summed E-state index contributed by atoms with van der Waals surface area (Å²) in [4.78, 5) is 21.6. The molecular weight excluding hydrogens is 306 g/mol. The lowest BCUT2D eigenvalue weighted by Crippen LogP contribution is -2.14. The Morgan fingerprint density at radius 1 is 1.04 bits per heavy atom. The van der Waals surface area contributed by atoms with Gasteiger partial charge < -0.3 is 5.32 Å². The van der Waals surface area contributed by atoms with E-state index >= 15 is 0 Å². The summed E-state index contributed by atoms with van der Waals surface area (Å²) in [7, 11) is 1.84.